The van der Waals surface area contributed by atoms with E-state index in [1.54, 1.807) is 12.0 Å². The van der Waals surface area contributed by atoms with Gasteiger partial charge in [0, 0.05) is 31.6 Å². The predicted octanol–water partition coefficient (Wildman–Crippen LogP) is 3.08. The quantitative estimate of drug-likeness (QED) is 0.891. The number of halogens is 2. The van der Waals surface area contributed by atoms with E-state index in [-0.39, 0.29) is 30.4 Å². The third-order valence-electron chi connectivity index (χ3n) is 4.68. The SMILES string of the molecule is COc1ccccc1C1CNCCN1C(=O)CCc1cc(F)ccc1F. The first-order valence-electron chi connectivity index (χ1n) is 8.67. The highest BCUT2D eigenvalue weighted by molar-refractivity contribution is 5.77. The lowest BCUT2D eigenvalue weighted by Crippen LogP contribution is -2.48. The van der Waals surface area contributed by atoms with Crippen molar-refractivity contribution in [3.8, 4) is 5.75 Å². The molecule has 1 aliphatic heterocycles. The van der Waals surface area contributed by atoms with E-state index in [2.05, 4.69) is 5.32 Å². The molecule has 26 heavy (non-hydrogen) atoms. The van der Waals surface area contributed by atoms with Crippen LogP contribution in [0.1, 0.15) is 23.6 Å². The van der Waals surface area contributed by atoms with Crippen molar-refractivity contribution in [2.75, 3.05) is 26.7 Å². The van der Waals surface area contributed by atoms with Crippen molar-refractivity contribution in [2.45, 2.75) is 18.9 Å². The molecule has 4 nitrogen and oxygen atoms in total. The summed E-state index contributed by atoms with van der Waals surface area (Å²) < 4.78 is 32.5. The third kappa shape index (κ3) is 4.02. The van der Waals surface area contributed by atoms with Gasteiger partial charge in [-0.05, 0) is 36.2 Å². The molecule has 1 saturated heterocycles. The van der Waals surface area contributed by atoms with Crippen LogP contribution in [0.3, 0.4) is 0 Å². The summed E-state index contributed by atoms with van der Waals surface area (Å²) in [5.74, 6) is -0.329. The number of aryl methyl sites for hydroxylation is 1. The van der Waals surface area contributed by atoms with Crippen LogP contribution >= 0.6 is 0 Å². The number of nitrogens with one attached hydrogen (secondary N) is 1. The summed E-state index contributed by atoms with van der Waals surface area (Å²) in [6, 6.07) is 10.8. The number of para-hydroxylation sites is 1. The molecular weight excluding hydrogens is 338 g/mol. The van der Waals surface area contributed by atoms with Crippen molar-refractivity contribution >= 4 is 5.91 Å². The molecule has 1 heterocycles. The van der Waals surface area contributed by atoms with E-state index in [4.69, 9.17) is 4.74 Å². The van der Waals surface area contributed by atoms with Crippen LogP contribution in [-0.4, -0.2) is 37.6 Å². The number of piperazine rings is 1. The van der Waals surface area contributed by atoms with Gasteiger partial charge < -0.3 is 15.0 Å². The van der Waals surface area contributed by atoms with Crippen LogP contribution in [0.25, 0.3) is 0 Å². The molecule has 2 aromatic rings. The molecule has 1 N–H and O–H groups in total. The van der Waals surface area contributed by atoms with Gasteiger partial charge in [0.15, 0.2) is 0 Å². The summed E-state index contributed by atoms with van der Waals surface area (Å²) >= 11 is 0. The Morgan fingerprint density at radius 3 is 2.88 bits per heavy atom. The molecule has 0 bridgehead atoms. The highest BCUT2D eigenvalue weighted by Crippen LogP contribution is 2.30. The Morgan fingerprint density at radius 1 is 1.27 bits per heavy atom. The lowest BCUT2D eigenvalue weighted by atomic mass is 10.0. The van der Waals surface area contributed by atoms with Gasteiger partial charge in [-0.1, -0.05) is 18.2 Å². The van der Waals surface area contributed by atoms with E-state index < -0.39 is 11.6 Å². The summed E-state index contributed by atoms with van der Waals surface area (Å²) in [5, 5.41) is 3.30. The van der Waals surface area contributed by atoms with Gasteiger partial charge in [-0.3, -0.25) is 4.79 Å². The Bertz CT molecular complexity index is 782. The van der Waals surface area contributed by atoms with Gasteiger partial charge in [0.2, 0.25) is 5.91 Å². The monoisotopic (exact) mass is 360 g/mol. The smallest absolute Gasteiger partial charge is 0.223 e. The van der Waals surface area contributed by atoms with E-state index in [0.717, 1.165) is 29.5 Å². The van der Waals surface area contributed by atoms with Gasteiger partial charge in [0.25, 0.3) is 0 Å². The van der Waals surface area contributed by atoms with Gasteiger partial charge in [0.05, 0.1) is 13.2 Å². The van der Waals surface area contributed by atoms with E-state index >= 15 is 0 Å². The fourth-order valence-corrected chi connectivity index (χ4v) is 3.34. The molecule has 138 valence electrons. The summed E-state index contributed by atoms with van der Waals surface area (Å²) in [7, 11) is 1.61. The second-order valence-corrected chi connectivity index (χ2v) is 6.28. The van der Waals surface area contributed by atoms with Gasteiger partial charge in [0.1, 0.15) is 17.4 Å². The highest BCUT2D eigenvalue weighted by Gasteiger charge is 2.29. The fourth-order valence-electron chi connectivity index (χ4n) is 3.34. The van der Waals surface area contributed by atoms with E-state index in [0.29, 0.717) is 19.6 Å². The Morgan fingerprint density at radius 2 is 2.08 bits per heavy atom. The van der Waals surface area contributed by atoms with Gasteiger partial charge in [-0.2, -0.15) is 0 Å². The molecule has 2 aromatic carbocycles. The second-order valence-electron chi connectivity index (χ2n) is 6.28. The van der Waals surface area contributed by atoms with Gasteiger partial charge in [-0.15, -0.1) is 0 Å². The van der Waals surface area contributed by atoms with Crippen molar-refractivity contribution in [3.63, 3.8) is 0 Å². The van der Waals surface area contributed by atoms with Gasteiger partial charge >= 0.3 is 0 Å². The minimum Gasteiger partial charge on any atom is -0.496 e. The van der Waals surface area contributed by atoms with Crippen molar-refractivity contribution < 1.29 is 18.3 Å². The Hall–Kier alpha value is -2.47. The molecule has 1 atom stereocenters. The first-order valence-corrected chi connectivity index (χ1v) is 8.67. The first kappa shape index (κ1) is 18.3. The normalized spacial score (nSPS) is 17.2. The van der Waals surface area contributed by atoms with Crippen LogP contribution in [-0.2, 0) is 11.2 Å². The number of carbonyl (C=O) groups is 1. The van der Waals surface area contributed by atoms with Crippen LogP contribution < -0.4 is 10.1 Å². The summed E-state index contributed by atoms with van der Waals surface area (Å²) in [6.45, 7) is 1.89. The molecule has 1 aliphatic rings. The number of nitrogens with zero attached hydrogens (tertiary/aromatic N) is 1. The zero-order valence-corrected chi connectivity index (χ0v) is 14.7. The number of carbonyl (C=O) groups excluding carboxylic acids is 1. The maximum atomic E-state index is 13.8. The molecule has 0 aliphatic carbocycles. The zero-order chi connectivity index (χ0) is 18.5. The minimum atomic E-state index is -0.497. The first-order chi connectivity index (χ1) is 12.6. The third-order valence-corrected chi connectivity index (χ3v) is 4.68. The van der Waals surface area contributed by atoms with Crippen LogP contribution in [0.4, 0.5) is 8.78 Å². The van der Waals surface area contributed by atoms with Crippen LogP contribution in [0.2, 0.25) is 0 Å². The fraction of sp³-hybridized carbons (Fsp3) is 0.350. The molecule has 1 unspecified atom stereocenters. The predicted molar refractivity (Wildman–Crippen MR) is 95.0 cm³/mol. The molecule has 0 radical (unpaired) electrons. The molecule has 0 aromatic heterocycles. The van der Waals surface area contributed by atoms with Crippen molar-refractivity contribution in [2.24, 2.45) is 0 Å². The summed E-state index contributed by atoms with van der Waals surface area (Å²) in [6.07, 6.45) is 0.303. The number of methoxy groups -OCH3 is 1. The molecule has 3 rings (SSSR count). The molecule has 1 amide bonds. The molecule has 0 spiro atoms. The summed E-state index contributed by atoms with van der Waals surface area (Å²) in [4.78, 5) is 14.6. The number of rotatable bonds is 5. The Kier molecular flexibility index (Phi) is 5.83. The average Bonchev–Trinajstić information content (AvgIpc) is 2.68. The zero-order valence-electron chi connectivity index (χ0n) is 14.7. The Balaban J connectivity index is 1.75. The van der Waals surface area contributed by atoms with Crippen LogP contribution in [0.5, 0.6) is 5.75 Å². The van der Waals surface area contributed by atoms with Crippen molar-refractivity contribution in [3.05, 3.63) is 65.2 Å². The Labute approximate surface area is 151 Å². The van der Waals surface area contributed by atoms with Crippen LogP contribution in [0.15, 0.2) is 42.5 Å². The number of hydrogen-bond acceptors (Lipinski definition) is 3. The average molecular weight is 360 g/mol. The molecule has 1 fully saturated rings. The van der Waals surface area contributed by atoms with E-state index in [1.165, 1.54) is 0 Å². The summed E-state index contributed by atoms with van der Waals surface area (Å²) in [5.41, 5.74) is 1.16. The second kappa shape index (κ2) is 8.27. The minimum absolute atomic E-state index is 0.0777. The number of amides is 1. The number of ether oxygens (including phenoxy) is 1. The standard InChI is InChI=1S/C20H22F2N2O2/c1-26-19-5-3-2-4-16(19)18-13-23-10-11-24(18)20(25)9-6-14-12-15(21)7-8-17(14)22/h2-5,7-8,12,18,23H,6,9-11,13H2,1H3. The van der Waals surface area contributed by atoms with E-state index in [1.807, 2.05) is 24.3 Å². The largest absolute Gasteiger partial charge is 0.496 e. The van der Waals surface area contributed by atoms with Crippen molar-refractivity contribution in [1.29, 1.82) is 0 Å². The molecule has 6 heteroatoms. The topological polar surface area (TPSA) is 41.6 Å². The van der Waals surface area contributed by atoms with Gasteiger partial charge in [-0.25, -0.2) is 8.78 Å². The molecule has 0 saturated carbocycles. The lowest BCUT2D eigenvalue weighted by molar-refractivity contribution is -0.134. The lowest BCUT2D eigenvalue weighted by Gasteiger charge is -2.37. The van der Waals surface area contributed by atoms with E-state index in [9.17, 15) is 13.6 Å². The molecular formula is C20H22F2N2O2. The maximum Gasteiger partial charge on any atom is 0.223 e. The number of benzene rings is 2. The highest BCUT2D eigenvalue weighted by atomic mass is 19.1. The maximum absolute atomic E-state index is 13.8. The number of hydrogen-bond donors (Lipinski definition) is 1. The van der Waals surface area contributed by atoms with Crippen LogP contribution in [0, 0.1) is 11.6 Å². The van der Waals surface area contributed by atoms with Crippen molar-refractivity contribution in [1.82, 2.24) is 10.2 Å².